The van der Waals surface area contributed by atoms with E-state index in [1.165, 1.54) is 17.0 Å². The lowest BCUT2D eigenvalue weighted by atomic mass is 10.3. The minimum atomic E-state index is -3.43. The molecule has 26 heavy (non-hydrogen) atoms. The fraction of sp³-hybridized carbons (Fsp3) is 0.235. The van der Waals surface area contributed by atoms with E-state index < -0.39 is 15.7 Å². The Balaban J connectivity index is 1.52. The van der Waals surface area contributed by atoms with Crippen molar-refractivity contribution < 1.29 is 17.7 Å². The van der Waals surface area contributed by atoms with Crippen molar-refractivity contribution >= 4 is 27.1 Å². The van der Waals surface area contributed by atoms with E-state index in [2.05, 4.69) is 15.5 Å². The maximum absolute atomic E-state index is 12.2. The molecule has 1 N–H and O–H groups in total. The van der Waals surface area contributed by atoms with Gasteiger partial charge in [-0.05, 0) is 30.0 Å². The maximum Gasteiger partial charge on any atom is 0.315 e. The SMILES string of the molecule is O=C(NCCc1cccs1)c1nc(CCS(=O)(=O)c2ccccc2)no1. The topological polar surface area (TPSA) is 102 Å². The molecule has 0 saturated carbocycles. The van der Waals surface area contributed by atoms with Crippen molar-refractivity contribution in [3.05, 3.63) is 64.4 Å². The molecular formula is C17H17N3O4S2. The minimum Gasteiger partial charge on any atom is -0.347 e. The number of hydrogen-bond donors (Lipinski definition) is 1. The van der Waals surface area contributed by atoms with E-state index in [1.54, 1.807) is 29.5 Å². The zero-order valence-corrected chi connectivity index (χ0v) is 15.4. The van der Waals surface area contributed by atoms with Crippen molar-refractivity contribution in [2.75, 3.05) is 12.3 Å². The largest absolute Gasteiger partial charge is 0.347 e. The van der Waals surface area contributed by atoms with Gasteiger partial charge in [-0.1, -0.05) is 29.4 Å². The van der Waals surface area contributed by atoms with Crippen LogP contribution in [-0.2, 0) is 22.7 Å². The molecule has 1 amide bonds. The summed E-state index contributed by atoms with van der Waals surface area (Å²) in [7, 11) is -3.43. The van der Waals surface area contributed by atoms with Gasteiger partial charge in [-0.15, -0.1) is 11.3 Å². The summed E-state index contributed by atoms with van der Waals surface area (Å²) >= 11 is 1.62. The van der Waals surface area contributed by atoms with E-state index in [0.717, 1.165) is 6.42 Å². The van der Waals surface area contributed by atoms with Crippen molar-refractivity contribution in [1.82, 2.24) is 15.5 Å². The number of nitrogens with one attached hydrogen (secondary N) is 1. The third-order valence-corrected chi connectivity index (χ3v) is 6.26. The number of thiophene rings is 1. The van der Waals surface area contributed by atoms with Gasteiger partial charge in [0.05, 0.1) is 10.6 Å². The number of carbonyl (C=O) groups is 1. The fourth-order valence-electron chi connectivity index (χ4n) is 2.25. The lowest BCUT2D eigenvalue weighted by Gasteiger charge is -2.01. The highest BCUT2D eigenvalue weighted by molar-refractivity contribution is 7.91. The first-order chi connectivity index (χ1) is 12.5. The molecule has 2 heterocycles. The molecule has 136 valence electrons. The van der Waals surface area contributed by atoms with Gasteiger partial charge in [0.15, 0.2) is 15.7 Å². The molecule has 3 rings (SSSR count). The molecule has 7 nitrogen and oxygen atoms in total. The zero-order valence-electron chi connectivity index (χ0n) is 13.8. The van der Waals surface area contributed by atoms with Gasteiger partial charge >= 0.3 is 11.8 Å². The number of aromatic nitrogens is 2. The Morgan fingerprint density at radius 2 is 1.92 bits per heavy atom. The summed E-state index contributed by atoms with van der Waals surface area (Å²) < 4.78 is 29.4. The molecule has 0 unspecified atom stereocenters. The summed E-state index contributed by atoms with van der Waals surface area (Å²) in [5.74, 6) is -0.599. The monoisotopic (exact) mass is 391 g/mol. The van der Waals surface area contributed by atoms with Gasteiger partial charge in [-0.2, -0.15) is 4.98 Å². The molecule has 0 spiro atoms. The van der Waals surface area contributed by atoms with Gasteiger partial charge < -0.3 is 9.84 Å². The Morgan fingerprint density at radius 1 is 1.12 bits per heavy atom. The number of aryl methyl sites for hydroxylation is 1. The van der Waals surface area contributed by atoms with Gasteiger partial charge in [0.2, 0.25) is 0 Å². The van der Waals surface area contributed by atoms with Crippen LogP contribution in [0, 0.1) is 0 Å². The predicted molar refractivity (Wildman–Crippen MR) is 96.9 cm³/mol. The molecule has 0 fully saturated rings. The van der Waals surface area contributed by atoms with Crippen LogP contribution < -0.4 is 5.32 Å². The first kappa shape index (κ1) is 18.3. The molecule has 0 radical (unpaired) electrons. The Labute approximate surface area is 155 Å². The maximum atomic E-state index is 12.2. The van der Waals surface area contributed by atoms with Crippen LogP contribution in [-0.4, -0.2) is 36.8 Å². The van der Waals surface area contributed by atoms with E-state index in [0.29, 0.717) is 6.54 Å². The van der Waals surface area contributed by atoms with Gasteiger partial charge in [0.25, 0.3) is 0 Å². The number of carbonyl (C=O) groups excluding carboxylic acids is 1. The number of benzene rings is 1. The van der Waals surface area contributed by atoms with Crippen molar-refractivity contribution in [3.8, 4) is 0 Å². The second-order valence-corrected chi connectivity index (χ2v) is 8.62. The third kappa shape index (κ3) is 4.77. The lowest BCUT2D eigenvalue weighted by molar-refractivity contribution is 0.0910. The van der Waals surface area contributed by atoms with Crippen LogP contribution in [0.5, 0.6) is 0 Å². The van der Waals surface area contributed by atoms with Gasteiger partial charge in [-0.25, -0.2) is 8.42 Å². The fourth-order valence-corrected chi connectivity index (χ4v) is 4.22. The molecule has 3 aromatic rings. The van der Waals surface area contributed by atoms with Crippen LogP contribution in [0.1, 0.15) is 21.4 Å². The summed E-state index contributed by atoms with van der Waals surface area (Å²) in [4.78, 5) is 17.4. The normalized spacial score (nSPS) is 11.4. The van der Waals surface area contributed by atoms with E-state index in [-0.39, 0.29) is 28.8 Å². The molecule has 0 aliphatic rings. The molecule has 0 bridgehead atoms. The standard InChI is InChI=1S/C17H17N3O4S2/c21-16(18-10-8-13-5-4-11-25-13)17-19-15(20-24-17)9-12-26(22,23)14-6-2-1-3-7-14/h1-7,11H,8-10,12H2,(H,18,21). The highest BCUT2D eigenvalue weighted by atomic mass is 32.2. The molecule has 0 aliphatic carbocycles. The van der Waals surface area contributed by atoms with Crippen molar-refractivity contribution in [3.63, 3.8) is 0 Å². The summed E-state index contributed by atoms with van der Waals surface area (Å²) in [6.07, 6.45) is 0.795. The first-order valence-electron chi connectivity index (χ1n) is 7.95. The van der Waals surface area contributed by atoms with Crippen LogP contribution in [0.4, 0.5) is 0 Å². The van der Waals surface area contributed by atoms with Crippen LogP contribution in [0.25, 0.3) is 0 Å². The van der Waals surface area contributed by atoms with E-state index in [4.69, 9.17) is 4.52 Å². The van der Waals surface area contributed by atoms with Crippen LogP contribution in [0.3, 0.4) is 0 Å². The minimum absolute atomic E-state index is 0.0726. The highest BCUT2D eigenvalue weighted by Crippen LogP contribution is 2.12. The second kappa shape index (κ2) is 8.24. The van der Waals surface area contributed by atoms with Gasteiger partial charge in [-0.3, -0.25) is 4.79 Å². The van der Waals surface area contributed by atoms with Gasteiger partial charge in [0, 0.05) is 17.8 Å². The number of amides is 1. The van der Waals surface area contributed by atoms with Crippen LogP contribution in [0.2, 0.25) is 0 Å². The van der Waals surface area contributed by atoms with Crippen molar-refractivity contribution in [2.24, 2.45) is 0 Å². The van der Waals surface area contributed by atoms with Crippen molar-refractivity contribution in [1.29, 1.82) is 0 Å². The quantitative estimate of drug-likeness (QED) is 0.631. The molecular weight excluding hydrogens is 374 g/mol. The average Bonchev–Trinajstić information content (AvgIpc) is 3.33. The molecule has 0 atom stereocenters. The summed E-state index contributed by atoms with van der Waals surface area (Å²) in [6.45, 7) is 0.458. The Kier molecular flexibility index (Phi) is 5.79. The number of hydrogen-bond acceptors (Lipinski definition) is 7. The molecule has 0 saturated heterocycles. The number of nitrogens with zero attached hydrogens (tertiary/aromatic N) is 2. The summed E-state index contributed by atoms with van der Waals surface area (Å²) in [5.41, 5.74) is 0. The van der Waals surface area contributed by atoms with E-state index in [1.807, 2.05) is 17.5 Å². The Morgan fingerprint density at radius 3 is 2.65 bits per heavy atom. The highest BCUT2D eigenvalue weighted by Gasteiger charge is 2.18. The van der Waals surface area contributed by atoms with E-state index in [9.17, 15) is 13.2 Å². The Bertz CT molecular complexity index is 951. The molecule has 2 aromatic heterocycles. The zero-order chi connectivity index (χ0) is 18.4. The smallest absolute Gasteiger partial charge is 0.315 e. The van der Waals surface area contributed by atoms with Crippen LogP contribution >= 0.6 is 11.3 Å². The second-order valence-electron chi connectivity index (χ2n) is 5.48. The third-order valence-electron chi connectivity index (χ3n) is 3.60. The van der Waals surface area contributed by atoms with Crippen molar-refractivity contribution in [2.45, 2.75) is 17.7 Å². The molecule has 1 aromatic carbocycles. The van der Waals surface area contributed by atoms with Crippen LogP contribution in [0.15, 0.2) is 57.3 Å². The Hall–Kier alpha value is -2.52. The summed E-state index contributed by atoms with van der Waals surface area (Å²) in [6, 6.07) is 12.1. The molecule has 9 heteroatoms. The number of rotatable bonds is 8. The number of sulfone groups is 1. The van der Waals surface area contributed by atoms with E-state index >= 15 is 0 Å². The summed E-state index contributed by atoms with van der Waals surface area (Å²) in [5, 5.41) is 8.36. The predicted octanol–water partition coefficient (Wildman–Crippen LogP) is 2.12. The lowest BCUT2D eigenvalue weighted by Crippen LogP contribution is -2.25. The average molecular weight is 391 g/mol. The first-order valence-corrected chi connectivity index (χ1v) is 10.5. The molecule has 0 aliphatic heterocycles. The van der Waals surface area contributed by atoms with Gasteiger partial charge in [0.1, 0.15) is 0 Å².